The molecule has 0 saturated carbocycles. The van der Waals surface area contributed by atoms with E-state index >= 15 is 0 Å². The fourth-order valence-corrected chi connectivity index (χ4v) is 4.90. The van der Waals surface area contributed by atoms with Crippen LogP contribution in [0.3, 0.4) is 0 Å². The number of piperidine rings is 1. The molecule has 0 bridgehead atoms. The lowest BCUT2D eigenvalue weighted by atomic mass is 10.0. The zero-order chi connectivity index (χ0) is 20.1. The molecule has 2 heterocycles. The molecule has 8 heteroatoms. The molecule has 7 nitrogen and oxygen atoms in total. The number of rotatable bonds is 6. The van der Waals surface area contributed by atoms with E-state index in [1.54, 1.807) is 30.5 Å². The minimum atomic E-state index is -3.63. The number of amides is 1. The molecule has 3 rings (SSSR count). The van der Waals surface area contributed by atoms with E-state index < -0.39 is 10.0 Å². The number of carbonyl (C=O) groups is 1. The maximum Gasteiger partial charge on any atom is 0.243 e. The Balaban J connectivity index is 1.69. The summed E-state index contributed by atoms with van der Waals surface area (Å²) in [6.45, 7) is 5.63. The Morgan fingerprint density at radius 3 is 2.64 bits per heavy atom. The lowest BCUT2D eigenvalue weighted by Gasteiger charge is -2.36. The number of nitrogens with zero attached hydrogens (tertiary/aromatic N) is 2. The maximum absolute atomic E-state index is 13.0. The summed E-state index contributed by atoms with van der Waals surface area (Å²) in [6.07, 6.45) is 3.96. The van der Waals surface area contributed by atoms with Crippen molar-refractivity contribution in [2.75, 3.05) is 6.54 Å². The number of hydrogen-bond acceptors (Lipinski definition) is 5. The maximum atomic E-state index is 13.0. The van der Waals surface area contributed by atoms with Crippen LogP contribution in [-0.2, 0) is 14.8 Å². The van der Waals surface area contributed by atoms with Crippen LogP contribution in [0.15, 0.2) is 66.2 Å². The summed E-state index contributed by atoms with van der Waals surface area (Å²) < 4.78 is 33.1. The van der Waals surface area contributed by atoms with Crippen molar-refractivity contribution in [3.8, 4) is 11.6 Å². The highest BCUT2D eigenvalue weighted by Gasteiger charge is 2.34. The van der Waals surface area contributed by atoms with Crippen molar-refractivity contribution in [1.82, 2.24) is 14.6 Å². The SMILES string of the molecule is C=CC(=O)NC1CCN(S(=O)(=O)c2ccc(Oc3ccccn3)cc2)C(C)C1. The Morgan fingerprint density at radius 2 is 2.04 bits per heavy atom. The first-order valence-electron chi connectivity index (χ1n) is 9.04. The third-order valence-corrected chi connectivity index (χ3v) is 6.67. The largest absolute Gasteiger partial charge is 0.439 e. The summed E-state index contributed by atoms with van der Waals surface area (Å²) in [6, 6.07) is 11.3. The van der Waals surface area contributed by atoms with Crippen LogP contribution in [0.2, 0.25) is 0 Å². The number of pyridine rings is 1. The lowest BCUT2D eigenvalue weighted by Crippen LogP contribution is -2.50. The lowest BCUT2D eigenvalue weighted by molar-refractivity contribution is -0.117. The second-order valence-corrected chi connectivity index (χ2v) is 8.53. The van der Waals surface area contributed by atoms with E-state index in [1.807, 2.05) is 13.0 Å². The van der Waals surface area contributed by atoms with Gasteiger partial charge in [-0.15, -0.1) is 0 Å². The van der Waals surface area contributed by atoms with Crippen LogP contribution in [0.4, 0.5) is 0 Å². The van der Waals surface area contributed by atoms with Gasteiger partial charge in [0.15, 0.2) is 0 Å². The molecule has 2 aromatic rings. The topological polar surface area (TPSA) is 88.6 Å². The summed E-state index contributed by atoms with van der Waals surface area (Å²) in [5.41, 5.74) is 0. The van der Waals surface area contributed by atoms with Crippen molar-refractivity contribution >= 4 is 15.9 Å². The van der Waals surface area contributed by atoms with E-state index in [0.717, 1.165) is 0 Å². The van der Waals surface area contributed by atoms with E-state index in [9.17, 15) is 13.2 Å². The molecule has 1 amide bonds. The predicted molar refractivity (Wildman–Crippen MR) is 105 cm³/mol. The molecule has 0 spiro atoms. The van der Waals surface area contributed by atoms with Gasteiger partial charge in [0.25, 0.3) is 0 Å². The van der Waals surface area contributed by atoms with E-state index in [4.69, 9.17) is 4.74 Å². The van der Waals surface area contributed by atoms with Gasteiger partial charge in [-0.3, -0.25) is 4.79 Å². The Hall–Kier alpha value is -2.71. The smallest absolute Gasteiger partial charge is 0.243 e. The Bertz CT molecular complexity index is 930. The molecule has 1 aromatic heterocycles. The molecular weight excluding hydrogens is 378 g/mol. The van der Waals surface area contributed by atoms with Gasteiger partial charge >= 0.3 is 0 Å². The molecular formula is C20H23N3O4S. The van der Waals surface area contributed by atoms with Gasteiger partial charge in [-0.1, -0.05) is 12.6 Å². The molecule has 28 heavy (non-hydrogen) atoms. The molecule has 1 saturated heterocycles. The average Bonchev–Trinajstić information content (AvgIpc) is 2.69. The normalized spacial score (nSPS) is 20.3. The first-order valence-corrected chi connectivity index (χ1v) is 10.5. The highest BCUT2D eigenvalue weighted by atomic mass is 32.2. The first-order chi connectivity index (χ1) is 13.4. The number of sulfonamides is 1. The third-order valence-electron chi connectivity index (χ3n) is 4.64. The van der Waals surface area contributed by atoms with Crippen molar-refractivity contribution in [2.24, 2.45) is 0 Å². The quantitative estimate of drug-likeness (QED) is 0.752. The van der Waals surface area contributed by atoms with E-state index in [2.05, 4.69) is 16.9 Å². The summed E-state index contributed by atoms with van der Waals surface area (Å²) in [4.78, 5) is 15.8. The Morgan fingerprint density at radius 1 is 1.29 bits per heavy atom. The van der Waals surface area contributed by atoms with Gasteiger partial charge in [0.05, 0.1) is 4.90 Å². The van der Waals surface area contributed by atoms with E-state index in [1.165, 1.54) is 22.5 Å². The van der Waals surface area contributed by atoms with Crippen LogP contribution in [0.5, 0.6) is 11.6 Å². The Labute approximate surface area is 165 Å². The highest BCUT2D eigenvalue weighted by molar-refractivity contribution is 7.89. The molecule has 1 aliphatic rings. The number of carbonyl (C=O) groups excluding carboxylic acids is 1. The van der Waals surface area contributed by atoms with Crippen LogP contribution in [0.25, 0.3) is 0 Å². The van der Waals surface area contributed by atoms with Gasteiger partial charge in [0, 0.05) is 30.9 Å². The third kappa shape index (κ3) is 4.58. The highest BCUT2D eigenvalue weighted by Crippen LogP contribution is 2.27. The van der Waals surface area contributed by atoms with Crippen LogP contribution in [0.1, 0.15) is 19.8 Å². The molecule has 1 fully saturated rings. The minimum Gasteiger partial charge on any atom is -0.439 e. The van der Waals surface area contributed by atoms with Gasteiger partial charge in [-0.25, -0.2) is 13.4 Å². The molecule has 2 atom stereocenters. The zero-order valence-electron chi connectivity index (χ0n) is 15.6. The molecule has 2 unspecified atom stereocenters. The van der Waals surface area contributed by atoms with Crippen LogP contribution in [0, 0.1) is 0 Å². The predicted octanol–water partition coefficient (Wildman–Crippen LogP) is 2.72. The summed E-state index contributed by atoms with van der Waals surface area (Å²) in [5, 5.41) is 2.84. The molecule has 0 radical (unpaired) electrons. The molecule has 1 N–H and O–H groups in total. The number of aromatic nitrogens is 1. The van der Waals surface area contributed by atoms with Crippen molar-refractivity contribution in [3.63, 3.8) is 0 Å². The van der Waals surface area contributed by atoms with Crippen LogP contribution < -0.4 is 10.1 Å². The minimum absolute atomic E-state index is 0.0545. The van der Waals surface area contributed by atoms with Crippen molar-refractivity contribution in [2.45, 2.75) is 36.7 Å². The molecule has 1 aromatic carbocycles. The van der Waals surface area contributed by atoms with E-state index in [-0.39, 0.29) is 22.9 Å². The standard InChI is InChI=1S/C20H23N3O4S/c1-3-19(24)22-16-11-13-23(15(2)14-16)28(25,26)18-9-7-17(8-10-18)27-20-6-4-5-12-21-20/h3-10,12,15-16H,1,11,13-14H2,2H3,(H,22,24). The second kappa shape index (κ2) is 8.53. The van der Waals surface area contributed by atoms with Crippen LogP contribution >= 0.6 is 0 Å². The fraction of sp³-hybridized carbons (Fsp3) is 0.300. The van der Waals surface area contributed by atoms with Crippen LogP contribution in [-0.4, -0.2) is 42.2 Å². The van der Waals surface area contributed by atoms with Gasteiger partial charge in [-0.05, 0) is 56.2 Å². The zero-order valence-corrected chi connectivity index (χ0v) is 16.4. The van der Waals surface area contributed by atoms with Gasteiger partial charge in [0.1, 0.15) is 5.75 Å². The van der Waals surface area contributed by atoms with Gasteiger partial charge < -0.3 is 10.1 Å². The average molecular weight is 401 g/mol. The van der Waals surface area contributed by atoms with Gasteiger partial charge in [0.2, 0.25) is 21.8 Å². The second-order valence-electron chi connectivity index (χ2n) is 6.64. The molecule has 148 valence electrons. The van der Waals surface area contributed by atoms with Crippen molar-refractivity contribution in [1.29, 1.82) is 0 Å². The number of benzene rings is 1. The summed E-state index contributed by atoms with van der Waals surface area (Å²) >= 11 is 0. The fourth-order valence-electron chi connectivity index (χ4n) is 3.24. The monoisotopic (exact) mass is 401 g/mol. The first kappa shape index (κ1) is 20.0. The summed E-state index contributed by atoms with van der Waals surface area (Å²) in [7, 11) is -3.63. The molecule has 1 aliphatic heterocycles. The van der Waals surface area contributed by atoms with Crippen molar-refractivity contribution < 1.29 is 17.9 Å². The molecule has 0 aliphatic carbocycles. The number of ether oxygens (including phenoxy) is 1. The number of hydrogen-bond donors (Lipinski definition) is 1. The number of nitrogens with one attached hydrogen (secondary N) is 1. The van der Waals surface area contributed by atoms with Crippen molar-refractivity contribution in [3.05, 3.63) is 61.3 Å². The summed E-state index contributed by atoms with van der Waals surface area (Å²) in [5.74, 6) is 0.712. The van der Waals surface area contributed by atoms with E-state index in [0.29, 0.717) is 31.0 Å². The van der Waals surface area contributed by atoms with Gasteiger partial charge in [-0.2, -0.15) is 4.31 Å². The Kier molecular flexibility index (Phi) is 6.11.